The second-order valence-corrected chi connectivity index (χ2v) is 2.71. The van der Waals surface area contributed by atoms with Crippen LogP contribution in [0.5, 0.6) is 0 Å². The van der Waals surface area contributed by atoms with Crippen molar-refractivity contribution in [1.82, 2.24) is 9.36 Å². The second-order valence-electron chi connectivity index (χ2n) is 2.21. The first-order valence-electron chi connectivity index (χ1n) is 3.40. The van der Waals surface area contributed by atoms with Crippen molar-refractivity contribution in [2.45, 2.75) is 12.8 Å². The van der Waals surface area contributed by atoms with Crippen LogP contribution in [0.2, 0.25) is 0 Å². The zero-order valence-electron chi connectivity index (χ0n) is 6.49. The van der Waals surface area contributed by atoms with Gasteiger partial charge in [0.25, 0.3) is 11.8 Å². The number of amides is 3. The van der Waals surface area contributed by atoms with E-state index in [1.807, 2.05) is 0 Å². The number of nitrogens with one attached hydrogen (secondary N) is 1. The van der Waals surface area contributed by atoms with Crippen LogP contribution in [0, 0.1) is 0 Å². The van der Waals surface area contributed by atoms with Gasteiger partial charge in [-0.3, -0.25) is 9.59 Å². The Balaban J connectivity index is 2.56. The molecule has 0 aromatic rings. The van der Waals surface area contributed by atoms with Gasteiger partial charge >= 0.3 is 22.6 Å². The molecule has 1 aliphatic heterocycles. The lowest BCUT2D eigenvalue weighted by Gasteiger charge is -2.11. The maximum atomic E-state index is 10.8. The van der Waals surface area contributed by atoms with E-state index in [0.29, 0.717) is 21.6 Å². The van der Waals surface area contributed by atoms with E-state index in [1.165, 1.54) is 0 Å². The summed E-state index contributed by atoms with van der Waals surface area (Å²) in [4.78, 5) is 36.7. The number of carbonyl (C=O) groups is 3. The third-order valence-electron chi connectivity index (χ3n) is 1.38. The van der Waals surface area contributed by atoms with Gasteiger partial charge in [0.15, 0.2) is 0 Å². The lowest BCUT2D eigenvalue weighted by molar-refractivity contribution is -0.171. The highest BCUT2D eigenvalue weighted by Crippen LogP contribution is 2.11. The highest BCUT2D eigenvalue weighted by atomic mass is 27.1. The summed E-state index contributed by atoms with van der Waals surface area (Å²) in [7, 11) is 0. The van der Waals surface area contributed by atoms with Gasteiger partial charge in [-0.05, 0) is 0 Å². The van der Waals surface area contributed by atoms with Gasteiger partial charge in [0, 0.05) is 12.8 Å². The van der Waals surface area contributed by atoms with E-state index < -0.39 is 17.9 Å². The Kier molecular flexibility index (Phi) is 2.68. The van der Waals surface area contributed by atoms with E-state index in [4.69, 9.17) is 0 Å². The van der Waals surface area contributed by atoms with E-state index in [0.717, 1.165) is 0 Å². The van der Waals surface area contributed by atoms with Crippen molar-refractivity contribution in [1.29, 1.82) is 0 Å². The molecule has 0 aromatic carbocycles. The molecule has 0 saturated carbocycles. The van der Waals surface area contributed by atoms with Crippen molar-refractivity contribution in [2.24, 2.45) is 0 Å². The Bertz CT molecular complexity index is 226. The predicted octanol–water partition coefficient (Wildman–Crippen LogP) is -1.68. The van der Waals surface area contributed by atoms with Crippen molar-refractivity contribution in [3.63, 3.8) is 0 Å². The van der Waals surface area contributed by atoms with Crippen LogP contribution in [0.3, 0.4) is 0 Å². The monoisotopic (exact) mass is 186 g/mol. The summed E-state index contributed by atoms with van der Waals surface area (Å²) >= 11 is 0.417. The first-order chi connectivity index (χ1) is 5.65. The maximum absolute atomic E-state index is 10.8. The number of hydroxylamine groups is 2. The number of carbonyl (C=O) groups excluding carboxylic acids is 3. The number of rotatable bonds is 1. The van der Waals surface area contributed by atoms with Crippen molar-refractivity contribution < 1.29 is 19.2 Å². The molecule has 0 aliphatic carbocycles. The van der Waals surface area contributed by atoms with Gasteiger partial charge in [-0.1, -0.05) is 0 Å². The summed E-state index contributed by atoms with van der Waals surface area (Å²) in [5.41, 5.74) is 0. The van der Waals surface area contributed by atoms with Crippen LogP contribution >= 0.6 is 0 Å². The standard InChI is InChI=1S/C5H6N2O4.Al.2H/c6-5(10)11-7-3(8)1-2-4(7)9;;;/h1-2H2,(H2,6,10);;;/q;+1;;/p-1. The summed E-state index contributed by atoms with van der Waals surface area (Å²) in [6.45, 7) is 0. The third-order valence-corrected chi connectivity index (χ3v) is 1.79. The molecule has 1 heterocycles. The minimum atomic E-state index is -0.759. The fourth-order valence-electron chi connectivity index (χ4n) is 0.786. The molecule has 0 unspecified atom stereocenters. The van der Waals surface area contributed by atoms with Crippen molar-refractivity contribution in [2.75, 3.05) is 0 Å². The molecule has 1 rings (SSSR count). The van der Waals surface area contributed by atoms with Crippen LogP contribution in [0.4, 0.5) is 4.79 Å². The molecular weight excluding hydrogens is 179 g/mol. The maximum Gasteiger partial charge on any atom is 0.407 e. The minimum absolute atomic E-state index is 0.118. The zero-order valence-corrected chi connectivity index (χ0v) is 8.49. The van der Waals surface area contributed by atoms with Gasteiger partial charge in [0.2, 0.25) is 0 Å². The Morgan fingerprint density at radius 1 is 1.42 bits per heavy atom. The van der Waals surface area contributed by atoms with Crippen LogP contribution in [0.1, 0.15) is 12.8 Å². The van der Waals surface area contributed by atoms with Gasteiger partial charge in [0.1, 0.15) is 0 Å². The molecule has 1 saturated heterocycles. The summed E-state index contributed by atoms with van der Waals surface area (Å²) < 4.78 is 2.26. The minimum Gasteiger partial charge on any atom is -0.417 e. The highest BCUT2D eigenvalue weighted by Gasteiger charge is 2.32. The summed E-state index contributed by atoms with van der Waals surface area (Å²) in [5, 5.41) is 0.507. The van der Waals surface area contributed by atoms with Gasteiger partial charge in [-0.25, -0.2) is 4.79 Å². The molecule has 1 fully saturated rings. The molecule has 0 atom stereocenters. The molecule has 6 nitrogen and oxygen atoms in total. The average Bonchev–Trinajstić information content (AvgIpc) is 2.35. The van der Waals surface area contributed by atoms with Gasteiger partial charge < -0.3 is 9.14 Å². The SMILES string of the molecule is O=C([NH][AlH2])ON1C(=O)CCC1=O. The second kappa shape index (κ2) is 3.56. The topological polar surface area (TPSA) is 75.7 Å². The Morgan fingerprint density at radius 2 is 1.92 bits per heavy atom. The fourth-order valence-corrected chi connectivity index (χ4v) is 0.878. The van der Waals surface area contributed by atoms with Crippen molar-refractivity contribution in [3.05, 3.63) is 0 Å². The molecule has 0 aromatic heterocycles. The van der Waals surface area contributed by atoms with Gasteiger partial charge in [0.05, 0.1) is 0 Å². The van der Waals surface area contributed by atoms with E-state index in [9.17, 15) is 14.4 Å². The third kappa shape index (κ3) is 1.75. The number of nitrogens with zero attached hydrogens (tertiary/aromatic N) is 1. The number of hydrogen-bond donors (Lipinski definition) is 1. The highest BCUT2D eigenvalue weighted by molar-refractivity contribution is 6.13. The van der Waals surface area contributed by atoms with Crippen LogP contribution in [-0.2, 0) is 14.4 Å². The van der Waals surface area contributed by atoms with E-state index in [2.05, 4.69) is 9.14 Å². The predicted molar refractivity (Wildman–Crippen MR) is 39.2 cm³/mol. The quantitative estimate of drug-likeness (QED) is 0.392. The Labute approximate surface area is 76.4 Å². The summed E-state index contributed by atoms with van der Waals surface area (Å²) in [6, 6.07) is 0. The van der Waals surface area contributed by atoms with Crippen molar-refractivity contribution >= 4 is 34.4 Å². The first-order valence-corrected chi connectivity index (χ1v) is 4.40. The molecule has 1 aliphatic rings. The summed E-state index contributed by atoms with van der Waals surface area (Å²) in [6.07, 6.45) is -0.522. The Hall–Kier alpha value is -1.06. The first kappa shape index (κ1) is 9.03. The number of imide groups is 1. The average molecular weight is 186 g/mol. The largest absolute Gasteiger partial charge is 0.417 e. The molecule has 0 bridgehead atoms. The lowest BCUT2D eigenvalue weighted by Crippen LogP contribution is -2.36. The van der Waals surface area contributed by atoms with Crippen LogP contribution in [0.25, 0.3) is 0 Å². The smallest absolute Gasteiger partial charge is 0.407 e. The van der Waals surface area contributed by atoms with Crippen LogP contribution in [-0.4, -0.2) is 39.5 Å². The molecule has 64 valence electrons. The normalized spacial score (nSPS) is 16.5. The molecular formula is C5H7AlN2O4. The molecule has 7 heteroatoms. The molecule has 0 spiro atoms. The van der Waals surface area contributed by atoms with E-state index in [1.54, 1.807) is 0 Å². The van der Waals surface area contributed by atoms with E-state index >= 15 is 0 Å². The molecule has 1 N–H and O–H groups in total. The lowest BCUT2D eigenvalue weighted by atomic mass is 10.4. The molecule has 3 amide bonds. The van der Waals surface area contributed by atoms with Crippen LogP contribution < -0.4 is 4.30 Å². The Morgan fingerprint density at radius 3 is 2.33 bits per heavy atom. The van der Waals surface area contributed by atoms with Gasteiger partial charge in [-0.2, -0.15) is 0 Å². The molecule has 12 heavy (non-hydrogen) atoms. The zero-order chi connectivity index (χ0) is 9.14. The van der Waals surface area contributed by atoms with Crippen LogP contribution in [0.15, 0.2) is 0 Å². The summed E-state index contributed by atoms with van der Waals surface area (Å²) in [5.74, 6) is -0.935. The van der Waals surface area contributed by atoms with Gasteiger partial charge in [-0.15, -0.1) is 5.06 Å². The molecule has 0 radical (unpaired) electrons. The number of hydrogen-bond acceptors (Lipinski definition) is 4. The van der Waals surface area contributed by atoms with Crippen molar-refractivity contribution in [3.8, 4) is 0 Å². The fraction of sp³-hybridized carbons (Fsp3) is 0.400. The van der Waals surface area contributed by atoms with E-state index in [-0.39, 0.29) is 12.8 Å².